The predicted molar refractivity (Wildman–Crippen MR) is 79.5 cm³/mol. The van der Waals surface area contributed by atoms with Crippen LogP contribution in [0.5, 0.6) is 5.88 Å². The molecule has 2 aromatic heterocycles. The van der Waals surface area contributed by atoms with Crippen LogP contribution in [0.25, 0.3) is 5.65 Å². The molecule has 5 nitrogen and oxygen atoms in total. The lowest BCUT2D eigenvalue weighted by Gasteiger charge is -2.28. The van der Waals surface area contributed by atoms with Crippen LogP contribution >= 0.6 is 0 Å². The Morgan fingerprint density at radius 2 is 2.14 bits per heavy atom. The van der Waals surface area contributed by atoms with Crippen molar-refractivity contribution in [2.75, 3.05) is 13.1 Å². The molecule has 3 heterocycles. The molecule has 0 aromatic carbocycles. The third-order valence-corrected chi connectivity index (χ3v) is 4.26. The Kier molecular flexibility index (Phi) is 3.40. The average Bonchev–Trinajstić information content (AvgIpc) is 2.83. The zero-order chi connectivity index (χ0) is 15.2. The lowest BCUT2D eigenvalue weighted by Crippen LogP contribution is -3.11. The van der Waals surface area contributed by atoms with Gasteiger partial charge in [0.15, 0.2) is 5.65 Å². The molecule has 5 heteroatoms. The van der Waals surface area contributed by atoms with Crippen LogP contribution in [0.1, 0.15) is 51.1 Å². The summed E-state index contributed by atoms with van der Waals surface area (Å²) < 4.78 is 1.49. The van der Waals surface area contributed by atoms with Gasteiger partial charge in [-0.05, 0) is 17.9 Å². The highest BCUT2D eigenvalue weighted by molar-refractivity contribution is 5.47. The first-order valence-corrected chi connectivity index (χ1v) is 7.82. The van der Waals surface area contributed by atoms with Gasteiger partial charge in [-0.25, -0.2) is 9.50 Å². The van der Waals surface area contributed by atoms with E-state index in [4.69, 9.17) is 4.98 Å². The van der Waals surface area contributed by atoms with Crippen molar-refractivity contribution in [3.63, 3.8) is 0 Å². The molecule has 1 aliphatic heterocycles. The molecule has 21 heavy (non-hydrogen) atoms. The van der Waals surface area contributed by atoms with Gasteiger partial charge in [-0.15, -0.1) is 0 Å². The van der Waals surface area contributed by atoms with Crippen LogP contribution in [0, 0.1) is 0 Å². The Labute approximate surface area is 125 Å². The van der Waals surface area contributed by atoms with E-state index in [9.17, 15) is 5.11 Å². The minimum absolute atomic E-state index is 0.0287. The number of hydrogen-bond donors (Lipinski definition) is 1. The van der Waals surface area contributed by atoms with E-state index in [1.54, 1.807) is 0 Å². The standard InChI is InChI=1S/C16H24N4O/c1-5-7-19-8-6-11-12(10-19)17-14-9-13(16(2,3)4)18-20(14)15(11)21/h9,21H,5-8,10H2,1-4H3. The molecule has 0 radical (unpaired) electrons. The fraction of sp³-hybridized carbons (Fsp3) is 0.625. The summed E-state index contributed by atoms with van der Waals surface area (Å²) in [6.45, 7) is 11.5. The quantitative estimate of drug-likeness (QED) is 0.873. The maximum absolute atomic E-state index is 12.6. The maximum atomic E-state index is 12.6. The normalized spacial score (nSPS) is 19.0. The highest BCUT2D eigenvalue weighted by Gasteiger charge is 2.24. The molecule has 2 aromatic rings. The Morgan fingerprint density at radius 1 is 1.38 bits per heavy atom. The fourth-order valence-corrected chi connectivity index (χ4v) is 3.02. The molecule has 1 N–H and O–H groups in total. The van der Waals surface area contributed by atoms with Crippen LogP contribution < -0.4 is 10.0 Å². The predicted octanol–water partition coefficient (Wildman–Crippen LogP) is 0.451. The first-order chi connectivity index (χ1) is 9.90. The summed E-state index contributed by atoms with van der Waals surface area (Å²) in [5.74, 6) is 0.0287. The molecule has 0 bridgehead atoms. The molecule has 0 aliphatic carbocycles. The minimum Gasteiger partial charge on any atom is -0.858 e. The Hall–Kier alpha value is -1.62. The van der Waals surface area contributed by atoms with Crippen LogP contribution in [-0.4, -0.2) is 27.7 Å². The van der Waals surface area contributed by atoms with Crippen molar-refractivity contribution in [2.45, 2.75) is 52.5 Å². The highest BCUT2D eigenvalue weighted by Crippen LogP contribution is 2.26. The average molecular weight is 288 g/mol. The van der Waals surface area contributed by atoms with Gasteiger partial charge >= 0.3 is 0 Å². The molecule has 0 amide bonds. The summed E-state index contributed by atoms with van der Waals surface area (Å²) in [4.78, 5) is 6.25. The van der Waals surface area contributed by atoms with Crippen molar-refractivity contribution in [2.24, 2.45) is 0 Å². The lowest BCUT2D eigenvalue weighted by molar-refractivity contribution is -0.916. The fourth-order valence-electron chi connectivity index (χ4n) is 3.02. The molecule has 1 unspecified atom stereocenters. The van der Waals surface area contributed by atoms with E-state index in [2.05, 4.69) is 32.8 Å². The van der Waals surface area contributed by atoms with Crippen molar-refractivity contribution in [3.8, 4) is 5.88 Å². The number of fused-ring (bicyclic) bond motifs is 2. The van der Waals surface area contributed by atoms with Gasteiger partial charge in [-0.1, -0.05) is 27.7 Å². The second-order valence-corrected chi connectivity index (χ2v) is 7.07. The monoisotopic (exact) mass is 288 g/mol. The number of nitrogens with one attached hydrogen (secondary N) is 1. The summed E-state index contributed by atoms with van der Waals surface area (Å²) >= 11 is 0. The van der Waals surface area contributed by atoms with E-state index in [-0.39, 0.29) is 11.3 Å². The van der Waals surface area contributed by atoms with Crippen molar-refractivity contribution >= 4 is 5.65 Å². The number of aromatic nitrogens is 3. The summed E-state index contributed by atoms with van der Waals surface area (Å²) in [5, 5.41) is 17.1. The summed E-state index contributed by atoms with van der Waals surface area (Å²) in [6, 6.07) is 1.95. The van der Waals surface area contributed by atoms with Gasteiger partial charge in [0.25, 0.3) is 0 Å². The molecule has 0 fully saturated rings. The van der Waals surface area contributed by atoms with Crippen LogP contribution in [0.3, 0.4) is 0 Å². The zero-order valence-corrected chi connectivity index (χ0v) is 13.4. The molecule has 0 saturated carbocycles. The van der Waals surface area contributed by atoms with Gasteiger partial charge in [0.1, 0.15) is 12.2 Å². The first kappa shape index (κ1) is 14.3. The van der Waals surface area contributed by atoms with E-state index in [0.717, 1.165) is 49.4 Å². The SMILES string of the molecule is CCC[NH+]1CCc2c(nc3cc(C(C)(C)C)nn3c2[O-])C1. The van der Waals surface area contributed by atoms with Gasteiger partial charge in [-0.2, -0.15) is 5.10 Å². The van der Waals surface area contributed by atoms with Gasteiger partial charge in [0.2, 0.25) is 0 Å². The van der Waals surface area contributed by atoms with Gasteiger partial charge in [0, 0.05) is 17.9 Å². The molecule has 0 saturated heterocycles. The Bertz CT molecular complexity index is 669. The van der Waals surface area contributed by atoms with Crippen molar-refractivity contribution in [1.29, 1.82) is 0 Å². The number of nitrogens with zero attached hydrogens (tertiary/aromatic N) is 3. The largest absolute Gasteiger partial charge is 0.858 e. The zero-order valence-electron chi connectivity index (χ0n) is 13.4. The van der Waals surface area contributed by atoms with Crippen LogP contribution in [0.15, 0.2) is 6.07 Å². The number of quaternary nitrogens is 1. The van der Waals surface area contributed by atoms with Crippen LogP contribution in [0.2, 0.25) is 0 Å². The molecular formula is C16H24N4O. The topological polar surface area (TPSA) is 57.7 Å². The molecule has 1 aliphatic rings. The first-order valence-electron chi connectivity index (χ1n) is 7.82. The smallest absolute Gasteiger partial charge is 0.155 e. The van der Waals surface area contributed by atoms with Crippen LogP contribution in [-0.2, 0) is 18.4 Å². The third kappa shape index (κ3) is 2.50. The van der Waals surface area contributed by atoms with Crippen molar-refractivity contribution < 1.29 is 10.0 Å². The van der Waals surface area contributed by atoms with E-state index in [1.807, 2.05) is 6.07 Å². The summed E-state index contributed by atoms with van der Waals surface area (Å²) in [7, 11) is 0. The van der Waals surface area contributed by atoms with E-state index in [0.29, 0.717) is 5.65 Å². The molecular weight excluding hydrogens is 264 g/mol. The van der Waals surface area contributed by atoms with E-state index < -0.39 is 0 Å². The number of rotatable bonds is 2. The summed E-state index contributed by atoms with van der Waals surface area (Å²) in [6.07, 6.45) is 1.98. The molecule has 0 spiro atoms. The third-order valence-electron chi connectivity index (χ3n) is 4.26. The van der Waals surface area contributed by atoms with Crippen LogP contribution in [0.4, 0.5) is 0 Å². The van der Waals surface area contributed by atoms with E-state index in [1.165, 1.54) is 9.42 Å². The van der Waals surface area contributed by atoms with Crippen molar-refractivity contribution in [1.82, 2.24) is 14.6 Å². The highest BCUT2D eigenvalue weighted by atomic mass is 16.3. The lowest BCUT2D eigenvalue weighted by atomic mass is 9.93. The summed E-state index contributed by atoms with van der Waals surface area (Å²) in [5.41, 5.74) is 3.39. The maximum Gasteiger partial charge on any atom is 0.155 e. The second kappa shape index (κ2) is 4.98. The number of hydrogen-bond acceptors (Lipinski definition) is 3. The van der Waals surface area contributed by atoms with Gasteiger partial charge in [0.05, 0.1) is 18.8 Å². The second-order valence-electron chi connectivity index (χ2n) is 7.07. The minimum atomic E-state index is -0.0693. The molecule has 114 valence electrons. The molecule has 3 rings (SSSR count). The van der Waals surface area contributed by atoms with E-state index >= 15 is 0 Å². The van der Waals surface area contributed by atoms with Crippen molar-refractivity contribution in [3.05, 3.63) is 23.0 Å². The Morgan fingerprint density at radius 3 is 2.81 bits per heavy atom. The van der Waals surface area contributed by atoms with Gasteiger partial charge < -0.3 is 10.0 Å². The van der Waals surface area contributed by atoms with Gasteiger partial charge in [-0.3, -0.25) is 0 Å². The molecule has 1 atom stereocenters. The Balaban J connectivity index is 2.07.